The predicted molar refractivity (Wildman–Crippen MR) is 130 cm³/mol. The smallest absolute Gasteiger partial charge is 0.225 e. The molecule has 0 saturated carbocycles. The summed E-state index contributed by atoms with van der Waals surface area (Å²) in [5, 5.41) is 7.57. The summed E-state index contributed by atoms with van der Waals surface area (Å²) in [6.07, 6.45) is 5.11. The molecule has 0 aromatic carbocycles. The first-order valence-corrected chi connectivity index (χ1v) is 10.0. The molecule has 0 atom stereocenters. The van der Waals surface area contributed by atoms with E-state index in [0.29, 0.717) is 29.0 Å². The van der Waals surface area contributed by atoms with Crippen molar-refractivity contribution in [1.29, 1.82) is 0 Å². The minimum atomic E-state index is 0. The first-order valence-electron chi connectivity index (χ1n) is 9.27. The van der Waals surface area contributed by atoms with Crippen molar-refractivity contribution in [1.82, 2.24) is 25.2 Å². The average molecular weight is 551 g/mol. The summed E-state index contributed by atoms with van der Waals surface area (Å²) >= 11 is 12.0. The maximum Gasteiger partial charge on any atom is 0.225 e. The van der Waals surface area contributed by atoms with Gasteiger partial charge in [0.05, 0.1) is 16.6 Å². The van der Waals surface area contributed by atoms with E-state index < -0.39 is 0 Å². The fourth-order valence-corrected chi connectivity index (χ4v) is 3.33. The van der Waals surface area contributed by atoms with Crippen molar-refractivity contribution < 1.29 is 0 Å². The molecule has 1 aliphatic rings. The average Bonchev–Trinajstić information content (AvgIpc) is 2.72. The zero-order valence-corrected chi connectivity index (χ0v) is 20.0. The molecule has 3 rings (SSSR count). The van der Waals surface area contributed by atoms with E-state index >= 15 is 0 Å². The van der Waals surface area contributed by atoms with Gasteiger partial charge in [-0.2, -0.15) is 0 Å². The fourth-order valence-electron chi connectivity index (χ4n) is 2.88. The molecule has 0 amide bonds. The summed E-state index contributed by atoms with van der Waals surface area (Å²) in [7, 11) is 0. The van der Waals surface area contributed by atoms with Crippen molar-refractivity contribution in [2.75, 3.05) is 56.0 Å². The van der Waals surface area contributed by atoms with Crippen LogP contribution in [0.4, 0.5) is 11.8 Å². The summed E-state index contributed by atoms with van der Waals surface area (Å²) in [5.74, 6) is 2.30. The second-order valence-corrected chi connectivity index (χ2v) is 7.01. The second-order valence-electron chi connectivity index (χ2n) is 6.17. The number of nitrogens with zero attached hydrogens (tertiary/aromatic N) is 6. The first kappa shape index (κ1) is 23.7. The number of aromatic nitrogens is 3. The highest BCUT2D eigenvalue weighted by Gasteiger charge is 2.20. The molecule has 11 heteroatoms. The number of guanidine groups is 1. The molecule has 1 fully saturated rings. The standard InChI is InChI=1S/C18H24Cl2N8.HI/c1-2-21-17(25-7-6-22-16-15(20)12-14(19)13-26-16)27-8-10-28(11-9-27)18-23-4-3-5-24-18;/h3-5,12-13H,2,6-11H2,1H3,(H,21,25)(H,22,26);1H. The van der Waals surface area contributed by atoms with Crippen LogP contribution in [0.2, 0.25) is 10.0 Å². The van der Waals surface area contributed by atoms with E-state index in [2.05, 4.69) is 42.3 Å². The topological polar surface area (TPSA) is 81.6 Å². The third-order valence-corrected chi connectivity index (χ3v) is 4.72. The molecule has 8 nitrogen and oxygen atoms in total. The third kappa shape index (κ3) is 7.00. The number of hydrogen-bond acceptors (Lipinski definition) is 6. The summed E-state index contributed by atoms with van der Waals surface area (Å²) in [4.78, 5) is 22.0. The van der Waals surface area contributed by atoms with Crippen LogP contribution in [0, 0.1) is 0 Å². The van der Waals surface area contributed by atoms with E-state index in [9.17, 15) is 0 Å². The Labute approximate surface area is 198 Å². The van der Waals surface area contributed by atoms with Gasteiger partial charge in [-0.05, 0) is 19.1 Å². The molecule has 29 heavy (non-hydrogen) atoms. The quantitative estimate of drug-likeness (QED) is 0.248. The molecule has 158 valence electrons. The van der Waals surface area contributed by atoms with Gasteiger partial charge in [-0.1, -0.05) is 23.2 Å². The molecule has 0 unspecified atom stereocenters. The maximum atomic E-state index is 6.13. The molecule has 0 bridgehead atoms. The van der Waals surface area contributed by atoms with Crippen LogP contribution in [-0.2, 0) is 0 Å². The number of nitrogens with one attached hydrogen (secondary N) is 2. The van der Waals surface area contributed by atoms with Crippen molar-refractivity contribution in [3.05, 3.63) is 40.8 Å². The first-order chi connectivity index (χ1) is 13.7. The zero-order valence-electron chi connectivity index (χ0n) is 16.2. The van der Waals surface area contributed by atoms with Crippen molar-refractivity contribution in [2.24, 2.45) is 4.99 Å². The Morgan fingerprint density at radius 2 is 1.86 bits per heavy atom. The Bertz CT molecular complexity index is 785. The molecule has 1 aliphatic heterocycles. The lowest BCUT2D eigenvalue weighted by molar-refractivity contribution is 0.370. The SMILES string of the molecule is CCNC(=NCCNc1ncc(Cl)cc1Cl)N1CCN(c2ncccn2)CC1.I. The van der Waals surface area contributed by atoms with Gasteiger partial charge in [0.25, 0.3) is 0 Å². The second kappa shape index (κ2) is 12.2. The normalized spacial score (nSPS) is 14.4. The van der Waals surface area contributed by atoms with Crippen LogP contribution in [-0.4, -0.2) is 71.6 Å². The number of aliphatic imine (C=N–C) groups is 1. The Morgan fingerprint density at radius 3 is 2.52 bits per heavy atom. The fraction of sp³-hybridized carbons (Fsp3) is 0.444. The largest absolute Gasteiger partial charge is 0.367 e. The Kier molecular flexibility index (Phi) is 9.95. The van der Waals surface area contributed by atoms with Gasteiger partial charge in [0.15, 0.2) is 5.96 Å². The van der Waals surface area contributed by atoms with Crippen molar-refractivity contribution >= 4 is 64.9 Å². The highest BCUT2D eigenvalue weighted by molar-refractivity contribution is 14.0. The van der Waals surface area contributed by atoms with Crippen molar-refractivity contribution in [3.8, 4) is 0 Å². The Hall–Kier alpha value is -1.59. The van der Waals surface area contributed by atoms with Gasteiger partial charge >= 0.3 is 0 Å². The monoisotopic (exact) mass is 550 g/mol. The number of piperazine rings is 1. The number of anilines is 2. The summed E-state index contributed by atoms with van der Waals surface area (Å²) < 4.78 is 0. The van der Waals surface area contributed by atoms with Gasteiger partial charge in [-0.25, -0.2) is 15.0 Å². The maximum absolute atomic E-state index is 6.13. The third-order valence-electron chi connectivity index (χ3n) is 4.22. The van der Waals surface area contributed by atoms with Crippen LogP contribution >= 0.6 is 47.2 Å². The van der Waals surface area contributed by atoms with Crippen molar-refractivity contribution in [2.45, 2.75) is 6.92 Å². The van der Waals surface area contributed by atoms with Crippen LogP contribution in [0.15, 0.2) is 35.7 Å². The van der Waals surface area contributed by atoms with Crippen LogP contribution in [0.1, 0.15) is 6.92 Å². The molecule has 1 saturated heterocycles. The molecule has 2 N–H and O–H groups in total. The molecular weight excluding hydrogens is 526 g/mol. The lowest BCUT2D eigenvalue weighted by Gasteiger charge is -2.36. The minimum absolute atomic E-state index is 0. The van der Waals surface area contributed by atoms with E-state index in [1.807, 2.05) is 6.07 Å². The highest BCUT2D eigenvalue weighted by atomic mass is 127. The number of hydrogen-bond donors (Lipinski definition) is 2. The van der Waals surface area contributed by atoms with Crippen LogP contribution in [0.3, 0.4) is 0 Å². The van der Waals surface area contributed by atoms with E-state index in [1.54, 1.807) is 24.7 Å². The van der Waals surface area contributed by atoms with E-state index in [1.165, 1.54) is 0 Å². The zero-order chi connectivity index (χ0) is 19.8. The number of halogens is 3. The summed E-state index contributed by atoms with van der Waals surface area (Å²) in [5.41, 5.74) is 0. The van der Waals surface area contributed by atoms with E-state index in [0.717, 1.165) is 44.6 Å². The van der Waals surface area contributed by atoms with E-state index in [4.69, 9.17) is 28.2 Å². The molecule has 2 aromatic rings. The van der Waals surface area contributed by atoms with Crippen molar-refractivity contribution in [3.63, 3.8) is 0 Å². The van der Waals surface area contributed by atoms with E-state index in [-0.39, 0.29) is 24.0 Å². The van der Waals surface area contributed by atoms with Crippen LogP contribution < -0.4 is 15.5 Å². The minimum Gasteiger partial charge on any atom is -0.367 e. The summed E-state index contributed by atoms with van der Waals surface area (Å²) in [6, 6.07) is 3.50. The lowest BCUT2D eigenvalue weighted by Crippen LogP contribution is -2.53. The van der Waals surface area contributed by atoms with Gasteiger partial charge in [0.1, 0.15) is 5.82 Å². The highest BCUT2D eigenvalue weighted by Crippen LogP contribution is 2.22. The molecule has 2 aromatic heterocycles. The lowest BCUT2D eigenvalue weighted by atomic mass is 10.3. The van der Waals surface area contributed by atoms with Gasteiger partial charge in [-0.3, -0.25) is 4.99 Å². The molecule has 0 aliphatic carbocycles. The number of rotatable bonds is 6. The Balaban J connectivity index is 0.00000300. The van der Waals surface area contributed by atoms with Crippen LogP contribution in [0.25, 0.3) is 0 Å². The Morgan fingerprint density at radius 1 is 1.14 bits per heavy atom. The van der Waals surface area contributed by atoms with Gasteiger partial charge in [0.2, 0.25) is 5.95 Å². The molecule has 0 radical (unpaired) electrons. The molecular formula is C18H25Cl2IN8. The predicted octanol–water partition coefficient (Wildman–Crippen LogP) is 3.00. The summed E-state index contributed by atoms with van der Waals surface area (Å²) in [6.45, 7) is 7.56. The van der Waals surface area contributed by atoms with Gasteiger partial charge in [-0.15, -0.1) is 24.0 Å². The van der Waals surface area contributed by atoms with Gasteiger partial charge in [0, 0.05) is 57.9 Å². The molecule has 0 spiro atoms. The molecule has 3 heterocycles. The number of pyridine rings is 1. The van der Waals surface area contributed by atoms with Crippen LogP contribution in [0.5, 0.6) is 0 Å². The van der Waals surface area contributed by atoms with Gasteiger partial charge < -0.3 is 20.4 Å².